The molecule has 1 aromatic carbocycles. The molecular weight excluding hydrogens is 332 g/mol. The largest absolute Gasteiger partial charge is 0.506 e. The molecule has 2 rings (SSSR count). The van der Waals surface area contributed by atoms with Crippen LogP contribution in [0, 0.1) is 0 Å². The molecule has 0 aliphatic carbocycles. The van der Waals surface area contributed by atoms with Gasteiger partial charge in [0.15, 0.2) is 0 Å². The topological polar surface area (TPSA) is 61.4 Å². The molecule has 106 valence electrons. The van der Waals surface area contributed by atoms with E-state index in [9.17, 15) is 9.90 Å². The molecule has 4 nitrogen and oxygen atoms in total. The number of phenols is 1. The zero-order chi connectivity index (χ0) is 13.0. The fraction of sp³-hybridized carbons (Fsp3) is 0.462. The summed E-state index contributed by atoms with van der Waals surface area (Å²) >= 11 is 3.31. The number of rotatable bonds is 4. The summed E-state index contributed by atoms with van der Waals surface area (Å²) in [7, 11) is 0. The lowest BCUT2D eigenvalue weighted by atomic mass is 10.1. The van der Waals surface area contributed by atoms with Crippen LogP contribution in [0.2, 0.25) is 0 Å². The Bertz CT molecular complexity index is 437. The molecule has 1 fully saturated rings. The van der Waals surface area contributed by atoms with Gasteiger partial charge in [0.05, 0.1) is 5.69 Å². The van der Waals surface area contributed by atoms with Crippen molar-refractivity contribution in [2.24, 2.45) is 0 Å². The molecule has 1 aliphatic rings. The van der Waals surface area contributed by atoms with E-state index in [4.69, 9.17) is 0 Å². The lowest BCUT2D eigenvalue weighted by Crippen LogP contribution is -2.23. The van der Waals surface area contributed by atoms with E-state index in [1.807, 2.05) is 0 Å². The minimum absolute atomic E-state index is 0. The summed E-state index contributed by atoms with van der Waals surface area (Å²) in [6.07, 6.45) is 3.67. The van der Waals surface area contributed by atoms with Gasteiger partial charge in [0, 0.05) is 16.9 Å². The SMILES string of the molecule is Cl.O=C(CCC1CCCN1)Nc1cc(Br)ccc1O. The van der Waals surface area contributed by atoms with Gasteiger partial charge in [-0.2, -0.15) is 0 Å². The molecular formula is C13H18BrClN2O2. The molecule has 1 heterocycles. The van der Waals surface area contributed by atoms with E-state index >= 15 is 0 Å². The number of hydrogen-bond acceptors (Lipinski definition) is 3. The summed E-state index contributed by atoms with van der Waals surface area (Å²) in [5.41, 5.74) is 0.453. The zero-order valence-electron chi connectivity index (χ0n) is 10.5. The van der Waals surface area contributed by atoms with Crippen LogP contribution in [0.1, 0.15) is 25.7 Å². The molecule has 1 atom stereocenters. The van der Waals surface area contributed by atoms with Gasteiger partial charge in [-0.15, -0.1) is 12.4 Å². The van der Waals surface area contributed by atoms with Crippen LogP contribution in [0.4, 0.5) is 5.69 Å². The quantitative estimate of drug-likeness (QED) is 0.732. The van der Waals surface area contributed by atoms with E-state index in [2.05, 4.69) is 26.6 Å². The van der Waals surface area contributed by atoms with Gasteiger partial charge in [-0.25, -0.2) is 0 Å². The molecule has 19 heavy (non-hydrogen) atoms. The first-order valence-electron chi connectivity index (χ1n) is 6.17. The van der Waals surface area contributed by atoms with Gasteiger partial charge in [-0.05, 0) is 44.0 Å². The maximum Gasteiger partial charge on any atom is 0.224 e. The molecule has 1 aliphatic heterocycles. The van der Waals surface area contributed by atoms with Crippen LogP contribution in [0.25, 0.3) is 0 Å². The van der Waals surface area contributed by atoms with Crippen molar-refractivity contribution >= 4 is 39.9 Å². The Morgan fingerprint density at radius 1 is 1.53 bits per heavy atom. The third-order valence-corrected chi connectivity index (χ3v) is 3.61. The number of carbonyl (C=O) groups excluding carboxylic acids is 1. The van der Waals surface area contributed by atoms with Crippen LogP contribution >= 0.6 is 28.3 Å². The molecule has 3 N–H and O–H groups in total. The predicted molar refractivity (Wildman–Crippen MR) is 81.9 cm³/mol. The van der Waals surface area contributed by atoms with Crippen molar-refractivity contribution < 1.29 is 9.90 Å². The fourth-order valence-electron chi connectivity index (χ4n) is 2.13. The molecule has 1 saturated heterocycles. The first kappa shape index (κ1) is 16.3. The molecule has 1 aromatic rings. The predicted octanol–water partition coefficient (Wildman–Crippen LogP) is 3.05. The van der Waals surface area contributed by atoms with Crippen LogP contribution in [0.3, 0.4) is 0 Å². The summed E-state index contributed by atoms with van der Waals surface area (Å²) in [6, 6.07) is 5.44. The lowest BCUT2D eigenvalue weighted by Gasteiger charge is -2.11. The van der Waals surface area contributed by atoms with Gasteiger partial charge in [0.25, 0.3) is 0 Å². The van der Waals surface area contributed by atoms with E-state index in [1.165, 1.54) is 6.42 Å². The maximum atomic E-state index is 11.8. The Hall–Kier alpha value is -0.780. The number of carbonyl (C=O) groups is 1. The number of amides is 1. The number of anilines is 1. The second kappa shape index (κ2) is 7.72. The average molecular weight is 350 g/mol. The van der Waals surface area contributed by atoms with Crippen molar-refractivity contribution in [1.29, 1.82) is 0 Å². The Balaban J connectivity index is 0.00000180. The summed E-state index contributed by atoms with van der Waals surface area (Å²) in [5.74, 6) is 0.0302. The van der Waals surface area contributed by atoms with E-state index in [0.717, 1.165) is 23.9 Å². The van der Waals surface area contributed by atoms with E-state index in [-0.39, 0.29) is 24.1 Å². The van der Waals surface area contributed by atoms with Gasteiger partial charge >= 0.3 is 0 Å². The van der Waals surface area contributed by atoms with Gasteiger partial charge in [-0.3, -0.25) is 4.79 Å². The van der Waals surface area contributed by atoms with Crippen molar-refractivity contribution in [3.05, 3.63) is 22.7 Å². The number of phenolic OH excluding ortho intramolecular Hbond substituents is 1. The van der Waals surface area contributed by atoms with Crippen molar-refractivity contribution in [3.63, 3.8) is 0 Å². The van der Waals surface area contributed by atoms with E-state index in [1.54, 1.807) is 18.2 Å². The van der Waals surface area contributed by atoms with Gasteiger partial charge in [0.2, 0.25) is 5.91 Å². The Morgan fingerprint density at radius 2 is 2.32 bits per heavy atom. The molecule has 6 heteroatoms. The number of halogens is 2. The normalized spacial score (nSPS) is 17.8. The highest BCUT2D eigenvalue weighted by molar-refractivity contribution is 9.10. The fourth-order valence-corrected chi connectivity index (χ4v) is 2.49. The summed E-state index contributed by atoms with van der Waals surface area (Å²) in [5, 5.41) is 15.7. The third kappa shape index (κ3) is 5.01. The first-order valence-corrected chi connectivity index (χ1v) is 6.96. The highest BCUT2D eigenvalue weighted by Crippen LogP contribution is 2.27. The standard InChI is InChI=1S/C13H17BrN2O2.ClH/c14-9-3-5-12(17)11(8-9)16-13(18)6-4-10-2-1-7-15-10;/h3,5,8,10,15,17H,1-2,4,6-7H2,(H,16,18);1H. The van der Waals surface area contributed by atoms with Crippen molar-refractivity contribution in [1.82, 2.24) is 5.32 Å². The number of nitrogens with one attached hydrogen (secondary N) is 2. The van der Waals surface area contributed by atoms with Gasteiger partial charge in [0.1, 0.15) is 5.75 Å². The van der Waals surface area contributed by atoms with Crippen LogP contribution in [-0.4, -0.2) is 23.6 Å². The Kier molecular flexibility index (Phi) is 6.62. The summed E-state index contributed by atoms with van der Waals surface area (Å²) in [6.45, 7) is 1.05. The third-order valence-electron chi connectivity index (χ3n) is 3.11. The summed E-state index contributed by atoms with van der Waals surface area (Å²) < 4.78 is 0.827. The lowest BCUT2D eigenvalue weighted by molar-refractivity contribution is -0.116. The Labute approximate surface area is 127 Å². The molecule has 1 amide bonds. The minimum atomic E-state index is -0.0582. The van der Waals surface area contributed by atoms with Gasteiger partial charge in [-0.1, -0.05) is 15.9 Å². The van der Waals surface area contributed by atoms with Crippen molar-refractivity contribution in [3.8, 4) is 5.75 Å². The molecule has 1 unspecified atom stereocenters. The number of aromatic hydroxyl groups is 1. The highest BCUT2D eigenvalue weighted by atomic mass is 79.9. The average Bonchev–Trinajstić information content (AvgIpc) is 2.84. The van der Waals surface area contributed by atoms with Crippen LogP contribution < -0.4 is 10.6 Å². The highest BCUT2D eigenvalue weighted by Gasteiger charge is 2.15. The van der Waals surface area contributed by atoms with Crippen LogP contribution in [0.15, 0.2) is 22.7 Å². The van der Waals surface area contributed by atoms with E-state index in [0.29, 0.717) is 18.2 Å². The van der Waals surface area contributed by atoms with Crippen molar-refractivity contribution in [2.45, 2.75) is 31.7 Å². The molecule has 0 radical (unpaired) electrons. The second-order valence-corrected chi connectivity index (χ2v) is 5.46. The van der Waals surface area contributed by atoms with Crippen LogP contribution in [-0.2, 0) is 4.79 Å². The number of benzene rings is 1. The maximum absolute atomic E-state index is 11.8. The monoisotopic (exact) mass is 348 g/mol. The number of hydrogen-bond donors (Lipinski definition) is 3. The van der Waals surface area contributed by atoms with E-state index < -0.39 is 0 Å². The minimum Gasteiger partial charge on any atom is -0.506 e. The summed E-state index contributed by atoms with van der Waals surface area (Å²) in [4.78, 5) is 11.8. The molecule has 0 bridgehead atoms. The Morgan fingerprint density at radius 3 is 3.00 bits per heavy atom. The van der Waals surface area contributed by atoms with Crippen molar-refractivity contribution in [2.75, 3.05) is 11.9 Å². The first-order chi connectivity index (χ1) is 8.65. The molecule has 0 aromatic heterocycles. The molecule has 0 spiro atoms. The van der Waals surface area contributed by atoms with Crippen LogP contribution in [0.5, 0.6) is 5.75 Å². The zero-order valence-corrected chi connectivity index (χ0v) is 12.9. The molecule has 0 saturated carbocycles. The van der Waals surface area contributed by atoms with Gasteiger partial charge < -0.3 is 15.7 Å². The smallest absolute Gasteiger partial charge is 0.224 e. The second-order valence-electron chi connectivity index (χ2n) is 4.54.